The number of benzene rings is 2. The first-order chi connectivity index (χ1) is 14.4. The van der Waals surface area contributed by atoms with E-state index in [-0.39, 0.29) is 11.5 Å². The molecule has 1 N–H and O–H groups in total. The number of hydrogen-bond donors (Lipinski definition) is 1. The molecular formula is C23H24N2O5. The number of aromatic carboxylic acids is 1. The number of anilines is 1. The fourth-order valence-corrected chi connectivity index (χ4v) is 3.02. The number of hydrazone groups is 1. The number of hydrogen-bond acceptors (Lipinski definition) is 5. The Balaban J connectivity index is 1.86. The Morgan fingerprint density at radius 2 is 2.00 bits per heavy atom. The Labute approximate surface area is 175 Å². The molecule has 7 nitrogen and oxygen atoms in total. The Morgan fingerprint density at radius 3 is 2.70 bits per heavy atom. The van der Waals surface area contributed by atoms with Crippen LogP contribution in [0.3, 0.4) is 0 Å². The number of methoxy groups -OCH3 is 1. The molecule has 0 spiro atoms. The van der Waals surface area contributed by atoms with Crippen molar-refractivity contribution in [2.75, 3.05) is 18.7 Å². The number of unbranched alkanes of at least 4 members (excludes halogenated alkanes) is 1. The molecule has 2 aromatic rings. The van der Waals surface area contributed by atoms with E-state index < -0.39 is 5.97 Å². The monoisotopic (exact) mass is 408 g/mol. The predicted molar refractivity (Wildman–Crippen MR) is 115 cm³/mol. The SMILES string of the molecule is CCCCOc1ccc(/C=C2/C(=O)N(c3cccc(C(=O)O)c3)N=C2C)cc1OC. The summed E-state index contributed by atoms with van der Waals surface area (Å²) in [7, 11) is 1.57. The van der Waals surface area contributed by atoms with Crippen molar-refractivity contribution in [2.45, 2.75) is 26.7 Å². The molecule has 2 aromatic carbocycles. The quantitative estimate of drug-likeness (QED) is 0.517. The van der Waals surface area contributed by atoms with Gasteiger partial charge in [0.25, 0.3) is 5.91 Å². The first-order valence-corrected chi connectivity index (χ1v) is 9.70. The Bertz CT molecular complexity index is 1030. The van der Waals surface area contributed by atoms with E-state index in [1.54, 1.807) is 32.2 Å². The second-order valence-electron chi connectivity index (χ2n) is 6.83. The second kappa shape index (κ2) is 9.26. The minimum absolute atomic E-state index is 0.0916. The molecule has 7 heteroatoms. The molecular weight excluding hydrogens is 384 g/mol. The van der Waals surface area contributed by atoms with Gasteiger partial charge in [0.05, 0.1) is 36.3 Å². The number of carboxylic acids is 1. The number of rotatable bonds is 8. The average molecular weight is 408 g/mol. The lowest BCUT2D eigenvalue weighted by atomic mass is 10.1. The average Bonchev–Trinajstić information content (AvgIpc) is 3.03. The van der Waals surface area contributed by atoms with Gasteiger partial charge < -0.3 is 14.6 Å². The van der Waals surface area contributed by atoms with Crippen LogP contribution in [0.25, 0.3) is 6.08 Å². The molecule has 0 saturated carbocycles. The third-order valence-electron chi connectivity index (χ3n) is 4.65. The van der Waals surface area contributed by atoms with Crippen molar-refractivity contribution in [3.8, 4) is 11.5 Å². The summed E-state index contributed by atoms with van der Waals surface area (Å²) in [6, 6.07) is 11.6. The van der Waals surface area contributed by atoms with Crippen molar-refractivity contribution >= 4 is 29.4 Å². The van der Waals surface area contributed by atoms with Crippen molar-refractivity contribution in [2.24, 2.45) is 5.10 Å². The van der Waals surface area contributed by atoms with Crippen LogP contribution in [0.4, 0.5) is 5.69 Å². The summed E-state index contributed by atoms with van der Waals surface area (Å²) in [5.41, 5.74) is 2.24. The second-order valence-corrected chi connectivity index (χ2v) is 6.83. The summed E-state index contributed by atoms with van der Waals surface area (Å²) >= 11 is 0. The van der Waals surface area contributed by atoms with Crippen molar-refractivity contribution in [1.82, 2.24) is 0 Å². The highest BCUT2D eigenvalue weighted by molar-refractivity contribution is 6.32. The van der Waals surface area contributed by atoms with Crippen LogP contribution in [0.5, 0.6) is 11.5 Å². The Kier molecular flexibility index (Phi) is 6.51. The molecule has 156 valence electrons. The maximum absolute atomic E-state index is 12.9. The number of amides is 1. The van der Waals surface area contributed by atoms with Gasteiger partial charge in [0, 0.05) is 0 Å². The largest absolute Gasteiger partial charge is 0.493 e. The Morgan fingerprint density at radius 1 is 1.20 bits per heavy atom. The fraction of sp³-hybridized carbons (Fsp3) is 0.261. The third-order valence-corrected chi connectivity index (χ3v) is 4.65. The number of carbonyl (C=O) groups excluding carboxylic acids is 1. The summed E-state index contributed by atoms with van der Waals surface area (Å²) in [6.45, 7) is 4.45. The molecule has 0 bridgehead atoms. The van der Waals surface area contributed by atoms with E-state index in [9.17, 15) is 14.7 Å². The molecule has 0 fully saturated rings. The lowest BCUT2D eigenvalue weighted by molar-refractivity contribution is -0.114. The van der Waals surface area contributed by atoms with E-state index in [2.05, 4.69) is 12.0 Å². The first-order valence-electron chi connectivity index (χ1n) is 9.70. The van der Waals surface area contributed by atoms with Gasteiger partial charge in [0.15, 0.2) is 11.5 Å². The predicted octanol–water partition coefficient (Wildman–Crippen LogP) is 4.38. The molecule has 1 heterocycles. The minimum Gasteiger partial charge on any atom is -0.493 e. The van der Waals surface area contributed by atoms with Crippen LogP contribution in [-0.4, -0.2) is 36.4 Å². The van der Waals surface area contributed by atoms with Crippen molar-refractivity contribution in [3.63, 3.8) is 0 Å². The number of carboxylic acid groups (broad SMARTS) is 1. The molecule has 3 rings (SSSR count). The van der Waals surface area contributed by atoms with Crippen LogP contribution in [0.15, 0.2) is 53.1 Å². The summed E-state index contributed by atoms with van der Waals surface area (Å²) in [4.78, 5) is 24.2. The van der Waals surface area contributed by atoms with Crippen molar-refractivity contribution in [3.05, 3.63) is 59.2 Å². The van der Waals surface area contributed by atoms with Gasteiger partial charge in [-0.2, -0.15) is 10.1 Å². The van der Waals surface area contributed by atoms with Crippen molar-refractivity contribution < 1.29 is 24.2 Å². The van der Waals surface area contributed by atoms with Gasteiger partial charge in [-0.15, -0.1) is 0 Å². The number of carbonyl (C=O) groups is 2. The molecule has 0 aromatic heterocycles. The third kappa shape index (κ3) is 4.51. The fourth-order valence-electron chi connectivity index (χ4n) is 3.02. The van der Waals surface area contributed by atoms with E-state index in [1.165, 1.54) is 17.1 Å². The number of ether oxygens (including phenoxy) is 2. The van der Waals surface area contributed by atoms with E-state index >= 15 is 0 Å². The molecule has 0 saturated heterocycles. The van der Waals surface area contributed by atoms with Crippen LogP contribution >= 0.6 is 0 Å². The zero-order valence-electron chi connectivity index (χ0n) is 17.2. The smallest absolute Gasteiger partial charge is 0.335 e. The van der Waals surface area contributed by atoms with Crippen molar-refractivity contribution in [1.29, 1.82) is 0 Å². The molecule has 1 aliphatic rings. The normalized spacial score (nSPS) is 14.8. The van der Waals surface area contributed by atoms with Crippen LogP contribution in [-0.2, 0) is 4.79 Å². The van der Waals surface area contributed by atoms with E-state index in [4.69, 9.17) is 9.47 Å². The molecule has 30 heavy (non-hydrogen) atoms. The van der Waals surface area contributed by atoms with Gasteiger partial charge >= 0.3 is 5.97 Å². The highest BCUT2D eigenvalue weighted by atomic mass is 16.5. The molecule has 0 aliphatic carbocycles. The summed E-state index contributed by atoms with van der Waals surface area (Å²) < 4.78 is 11.2. The standard InChI is InChI=1S/C23H24N2O5/c1-4-5-11-30-20-10-9-16(13-21(20)29-3)12-19-15(2)24-25(22(19)26)18-8-6-7-17(14-18)23(27)28/h6-10,12-14H,4-5,11H2,1-3H3,(H,27,28)/b19-12+. The summed E-state index contributed by atoms with van der Waals surface area (Å²) in [6.07, 6.45) is 3.73. The maximum Gasteiger partial charge on any atom is 0.335 e. The van der Waals surface area contributed by atoms with E-state index in [1.807, 2.05) is 18.2 Å². The molecule has 1 aliphatic heterocycles. The Hall–Kier alpha value is -3.61. The van der Waals surface area contributed by atoms with Crippen LogP contribution < -0.4 is 14.5 Å². The summed E-state index contributed by atoms with van der Waals surface area (Å²) in [5, 5.41) is 14.7. The lowest BCUT2D eigenvalue weighted by Gasteiger charge is -2.12. The minimum atomic E-state index is -1.06. The molecule has 0 unspecified atom stereocenters. The van der Waals surface area contributed by atoms with Gasteiger partial charge in [0.2, 0.25) is 0 Å². The van der Waals surface area contributed by atoms with Crippen LogP contribution in [0, 0.1) is 0 Å². The van der Waals surface area contributed by atoms with Gasteiger partial charge in [-0.05, 0) is 55.3 Å². The van der Waals surface area contributed by atoms with Gasteiger partial charge in [-0.1, -0.05) is 25.5 Å². The van der Waals surface area contributed by atoms with Gasteiger partial charge in [-0.25, -0.2) is 4.79 Å². The van der Waals surface area contributed by atoms with Crippen LogP contribution in [0.1, 0.15) is 42.6 Å². The highest BCUT2D eigenvalue weighted by Gasteiger charge is 2.29. The highest BCUT2D eigenvalue weighted by Crippen LogP contribution is 2.31. The maximum atomic E-state index is 12.9. The van der Waals surface area contributed by atoms with E-state index in [0.717, 1.165) is 18.4 Å². The summed E-state index contributed by atoms with van der Waals surface area (Å²) in [5.74, 6) is -0.138. The zero-order valence-corrected chi connectivity index (χ0v) is 17.2. The topological polar surface area (TPSA) is 88.4 Å². The lowest BCUT2D eigenvalue weighted by Crippen LogP contribution is -2.21. The number of nitrogens with zero attached hydrogens (tertiary/aromatic N) is 2. The zero-order chi connectivity index (χ0) is 21.7. The van der Waals surface area contributed by atoms with Gasteiger partial charge in [-0.3, -0.25) is 4.79 Å². The molecule has 1 amide bonds. The van der Waals surface area contributed by atoms with Crippen LogP contribution in [0.2, 0.25) is 0 Å². The molecule has 0 radical (unpaired) electrons. The van der Waals surface area contributed by atoms with Gasteiger partial charge in [0.1, 0.15) is 0 Å². The molecule has 0 atom stereocenters. The van der Waals surface area contributed by atoms with E-state index in [0.29, 0.717) is 35.1 Å². The first kappa shape index (κ1) is 21.1.